The van der Waals surface area contributed by atoms with Crippen molar-refractivity contribution in [2.45, 2.75) is 90.9 Å². The number of hydrogen-bond acceptors (Lipinski definition) is 3. The molecule has 10 rings (SSSR count). The molecule has 2 heterocycles. The monoisotopic (exact) mass is 1130 g/mol. The normalized spacial score (nSPS) is 12.2. The number of aromatic hydroxyl groups is 1. The standard InChI is InChI=1S/C68H64N3O.Pt/c1-65(2,3)53-43-57(63(72)58(44-53)66(4,5)6)64-70-62-55(32-23-33-61(62)71(64)60-35-34-52(42-56(60)46-26-17-12-18-27-46)67(7,8)50-28-19-13-20-29-50)48-38-49(40-54(39-48)68(9,10)51-30-21-14-22-31-51)59-41-47(36-37-69-59)45-24-15-11-16-25-45;/h11-37,39-44,72H,1-10H3;/q-1;. The molecule has 0 unspecified atom stereocenters. The molecule has 10 aromatic rings. The van der Waals surface area contributed by atoms with Crippen LogP contribution in [-0.4, -0.2) is 19.6 Å². The first kappa shape index (κ1) is 50.8. The van der Waals surface area contributed by atoms with Crippen molar-refractivity contribution in [1.82, 2.24) is 14.5 Å². The Labute approximate surface area is 447 Å². The largest absolute Gasteiger partial charge is 0.507 e. The van der Waals surface area contributed by atoms with E-state index in [0.29, 0.717) is 11.4 Å². The van der Waals surface area contributed by atoms with E-state index in [2.05, 4.69) is 268 Å². The molecule has 0 saturated heterocycles. The Morgan fingerprint density at radius 2 is 1.00 bits per heavy atom. The van der Waals surface area contributed by atoms with E-state index in [4.69, 9.17) is 9.97 Å². The zero-order valence-corrected chi connectivity index (χ0v) is 45.9. The van der Waals surface area contributed by atoms with Gasteiger partial charge in [0, 0.05) is 54.9 Å². The van der Waals surface area contributed by atoms with Crippen LogP contribution < -0.4 is 0 Å². The number of benzene rings is 8. The Bertz CT molecular complexity index is 3580. The van der Waals surface area contributed by atoms with Gasteiger partial charge in [-0.05, 0) is 80.1 Å². The first-order chi connectivity index (χ1) is 34.4. The van der Waals surface area contributed by atoms with Gasteiger partial charge < -0.3 is 5.11 Å². The number of phenols is 1. The van der Waals surface area contributed by atoms with Crippen LogP contribution in [0.5, 0.6) is 5.75 Å². The second kappa shape index (κ2) is 19.7. The molecule has 5 heteroatoms. The van der Waals surface area contributed by atoms with Gasteiger partial charge in [0.05, 0.1) is 22.3 Å². The van der Waals surface area contributed by atoms with Crippen molar-refractivity contribution >= 4 is 11.0 Å². The molecule has 368 valence electrons. The third-order valence-electron chi connectivity index (χ3n) is 14.8. The summed E-state index contributed by atoms with van der Waals surface area (Å²) in [7, 11) is 0. The van der Waals surface area contributed by atoms with Gasteiger partial charge in [0.15, 0.2) is 0 Å². The van der Waals surface area contributed by atoms with Gasteiger partial charge in [-0.2, -0.15) is 0 Å². The molecule has 1 N–H and O–H groups in total. The maximum atomic E-state index is 12.7. The zero-order chi connectivity index (χ0) is 50.6. The average Bonchev–Trinajstić information content (AvgIpc) is 3.78. The Balaban J connectivity index is 0.00000656. The van der Waals surface area contributed by atoms with Crippen LogP contribution in [0.2, 0.25) is 0 Å². The number of hydrogen-bond donors (Lipinski definition) is 1. The zero-order valence-electron chi connectivity index (χ0n) is 43.7. The molecule has 0 aliphatic rings. The smallest absolute Gasteiger partial charge is 0.148 e. The number of imidazole rings is 1. The van der Waals surface area contributed by atoms with Crippen LogP contribution in [0, 0.1) is 6.07 Å². The number of nitrogens with zero attached hydrogens (tertiary/aromatic N) is 3. The number of fused-ring (bicyclic) bond motifs is 1. The fourth-order valence-corrected chi connectivity index (χ4v) is 10.2. The predicted octanol–water partition coefficient (Wildman–Crippen LogP) is 17.5. The first-order valence-corrected chi connectivity index (χ1v) is 25.2. The van der Waals surface area contributed by atoms with E-state index in [9.17, 15) is 5.11 Å². The Morgan fingerprint density at radius 3 is 1.60 bits per heavy atom. The van der Waals surface area contributed by atoms with Crippen molar-refractivity contribution in [3.63, 3.8) is 0 Å². The topological polar surface area (TPSA) is 50.9 Å². The molecule has 4 nitrogen and oxygen atoms in total. The molecule has 0 spiro atoms. The maximum Gasteiger partial charge on any atom is 0.148 e. The number of pyridine rings is 1. The van der Waals surface area contributed by atoms with Crippen LogP contribution in [0.4, 0.5) is 0 Å². The summed E-state index contributed by atoms with van der Waals surface area (Å²) >= 11 is 0. The van der Waals surface area contributed by atoms with E-state index < -0.39 is 0 Å². The van der Waals surface area contributed by atoms with Gasteiger partial charge in [-0.15, -0.1) is 29.3 Å². The van der Waals surface area contributed by atoms with Gasteiger partial charge in [0.1, 0.15) is 11.6 Å². The van der Waals surface area contributed by atoms with E-state index in [-0.39, 0.29) is 48.5 Å². The van der Waals surface area contributed by atoms with Crippen LogP contribution >= 0.6 is 0 Å². The van der Waals surface area contributed by atoms with Crippen LogP contribution in [-0.2, 0) is 42.7 Å². The van der Waals surface area contributed by atoms with Crippen molar-refractivity contribution < 1.29 is 26.2 Å². The molecule has 0 amide bonds. The molecular weight excluding hydrogens is 1070 g/mol. The quantitative estimate of drug-likeness (QED) is 0.139. The van der Waals surface area contributed by atoms with E-state index in [1.807, 2.05) is 12.3 Å². The minimum absolute atomic E-state index is 0. The molecule has 0 atom stereocenters. The Hall–Kier alpha value is -7.13. The molecular formula is C68H64N3OPt-. The van der Waals surface area contributed by atoms with Crippen molar-refractivity contribution in [2.24, 2.45) is 0 Å². The molecule has 0 aliphatic carbocycles. The minimum atomic E-state index is -0.377. The summed E-state index contributed by atoms with van der Waals surface area (Å²) in [4.78, 5) is 10.8. The van der Waals surface area contributed by atoms with Gasteiger partial charge in [-0.1, -0.05) is 232 Å². The van der Waals surface area contributed by atoms with Gasteiger partial charge in [-0.3, -0.25) is 9.55 Å². The molecule has 8 aromatic carbocycles. The summed E-state index contributed by atoms with van der Waals surface area (Å²) in [6.45, 7) is 22.4. The molecule has 0 aliphatic heterocycles. The van der Waals surface area contributed by atoms with Gasteiger partial charge >= 0.3 is 0 Å². The van der Waals surface area contributed by atoms with E-state index in [1.165, 1.54) is 16.7 Å². The molecule has 73 heavy (non-hydrogen) atoms. The third kappa shape index (κ3) is 9.79. The van der Waals surface area contributed by atoms with Crippen LogP contribution in [0.1, 0.15) is 103 Å². The fraction of sp³-hybridized carbons (Fsp3) is 0.206. The fourth-order valence-electron chi connectivity index (χ4n) is 10.2. The first-order valence-electron chi connectivity index (χ1n) is 25.2. The third-order valence-corrected chi connectivity index (χ3v) is 14.8. The predicted molar refractivity (Wildman–Crippen MR) is 301 cm³/mol. The van der Waals surface area contributed by atoms with Crippen LogP contribution in [0.3, 0.4) is 0 Å². The number of para-hydroxylation sites is 1. The second-order valence-electron chi connectivity index (χ2n) is 22.4. The second-order valence-corrected chi connectivity index (χ2v) is 22.4. The summed E-state index contributed by atoms with van der Waals surface area (Å²) < 4.78 is 2.29. The summed E-state index contributed by atoms with van der Waals surface area (Å²) in [6.07, 6.45) is 1.90. The number of phenolic OH excluding ortho intramolecular Hbond substituents is 1. The molecule has 0 fully saturated rings. The summed E-state index contributed by atoms with van der Waals surface area (Å²) in [5, 5.41) is 12.7. The van der Waals surface area contributed by atoms with Crippen LogP contribution in [0.25, 0.3) is 72.7 Å². The maximum absolute atomic E-state index is 12.7. The average molecular weight is 1130 g/mol. The van der Waals surface area contributed by atoms with E-state index >= 15 is 0 Å². The summed E-state index contributed by atoms with van der Waals surface area (Å²) in [5.74, 6) is 0.901. The van der Waals surface area contributed by atoms with Gasteiger partial charge in [-0.25, -0.2) is 4.98 Å². The SMILES string of the molecule is CC(C)(C)c1cc(-c2nc3c(-c4[c-]c(-c5cc(-c6ccccc6)ccn5)cc(C(C)(C)c5ccccc5)c4)cccc3n2-c2ccc(C(C)(C)c3ccccc3)cc2-c2ccccc2)c(O)c(C(C)(C)C)c1.[Pt]. The minimum Gasteiger partial charge on any atom is -0.507 e. The molecule has 0 saturated carbocycles. The van der Waals surface area contributed by atoms with Gasteiger partial charge in [0.2, 0.25) is 0 Å². The van der Waals surface area contributed by atoms with Crippen molar-refractivity contribution in [3.05, 3.63) is 240 Å². The Morgan fingerprint density at radius 1 is 0.438 bits per heavy atom. The van der Waals surface area contributed by atoms with E-state index in [0.717, 1.165) is 78.0 Å². The Kier molecular flexibility index (Phi) is 13.7. The molecule has 2 aromatic heterocycles. The summed E-state index contributed by atoms with van der Waals surface area (Å²) in [6, 6.07) is 73.0. The van der Waals surface area contributed by atoms with Crippen molar-refractivity contribution in [3.8, 4) is 67.5 Å². The molecule has 0 bridgehead atoms. The molecule has 0 radical (unpaired) electrons. The van der Waals surface area contributed by atoms with Gasteiger partial charge in [0.25, 0.3) is 0 Å². The van der Waals surface area contributed by atoms with Crippen molar-refractivity contribution in [2.75, 3.05) is 0 Å². The van der Waals surface area contributed by atoms with E-state index in [1.54, 1.807) is 0 Å². The number of rotatable bonds is 10. The number of aromatic nitrogens is 3. The van der Waals surface area contributed by atoms with Crippen LogP contribution in [0.15, 0.2) is 200 Å². The van der Waals surface area contributed by atoms with Crippen molar-refractivity contribution in [1.29, 1.82) is 0 Å². The summed E-state index contributed by atoms with van der Waals surface area (Å²) in [5.41, 5.74) is 16.9.